The van der Waals surface area contributed by atoms with Crippen LogP contribution in [0, 0.1) is 13.8 Å². The Morgan fingerprint density at radius 3 is 2.29 bits per heavy atom. The first kappa shape index (κ1) is 17.0. The Balaban J connectivity index is 2.24. The maximum absolute atomic E-state index is 13.3. The maximum atomic E-state index is 13.3. The zero-order valence-electron chi connectivity index (χ0n) is 14.1. The van der Waals surface area contributed by atoms with E-state index in [0.29, 0.717) is 35.4 Å². The Kier molecular flexibility index (Phi) is 4.15. The minimum Gasteiger partial charge on any atom is -0.372 e. The fraction of sp³-hybridized carbons (Fsp3) is 0.529. The molecule has 0 N–H and O–H groups in total. The van der Waals surface area contributed by atoms with Gasteiger partial charge in [-0.3, -0.25) is 0 Å². The van der Waals surface area contributed by atoms with E-state index in [1.807, 2.05) is 37.8 Å². The van der Waals surface area contributed by atoms with E-state index in [4.69, 9.17) is 4.74 Å². The van der Waals surface area contributed by atoms with Gasteiger partial charge in [-0.2, -0.15) is 13.2 Å². The van der Waals surface area contributed by atoms with Gasteiger partial charge in [0.15, 0.2) is 0 Å². The molecule has 0 aliphatic carbocycles. The van der Waals surface area contributed by atoms with Crippen LogP contribution >= 0.6 is 0 Å². The molecule has 24 heavy (non-hydrogen) atoms. The summed E-state index contributed by atoms with van der Waals surface area (Å²) in [6, 6.07) is 3.69. The van der Waals surface area contributed by atoms with Gasteiger partial charge in [0.05, 0.1) is 17.7 Å². The molecule has 7 heteroatoms. The Hall–Kier alpha value is -1.89. The highest BCUT2D eigenvalue weighted by Gasteiger charge is 2.37. The lowest BCUT2D eigenvalue weighted by Crippen LogP contribution is -2.46. The molecule has 2 atom stereocenters. The molecule has 1 aliphatic rings. The van der Waals surface area contributed by atoms with Crippen LogP contribution in [0.15, 0.2) is 12.1 Å². The third-order valence-corrected chi connectivity index (χ3v) is 4.09. The molecule has 0 unspecified atom stereocenters. The molecule has 1 fully saturated rings. The molecule has 1 aliphatic heterocycles. The lowest BCUT2D eigenvalue weighted by atomic mass is 10.1. The summed E-state index contributed by atoms with van der Waals surface area (Å²) in [4.78, 5) is 9.54. The van der Waals surface area contributed by atoms with Crippen molar-refractivity contribution in [3.63, 3.8) is 0 Å². The number of hydrogen-bond acceptors (Lipinski definition) is 4. The molecule has 2 aromatic rings. The van der Waals surface area contributed by atoms with Gasteiger partial charge in [0.25, 0.3) is 0 Å². The topological polar surface area (TPSA) is 38.2 Å². The maximum Gasteiger partial charge on any atom is 0.451 e. The average Bonchev–Trinajstić information content (AvgIpc) is 2.44. The number of rotatable bonds is 1. The molecule has 4 nitrogen and oxygen atoms in total. The number of nitrogens with zero attached hydrogens (tertiary/aromatic N) is 3. The van der Waals surface area contributed by atoms with Gasteiger partial charge < -0.3 is 9.64 Å². The second kappa shape index (κ2) is 5.88. The van der Waals surface area contributed by atoms with Crippen molar-refractivity contribution in [1.29, 1.82) is 0 Å². The van der Waals surface area contributed by atoms with Crippen molar-refractivity contribution in [3.8, 4) is 0 Å². The summed E-state index contributed by atoms with van der Waals surface area (Å²) < 4.78 is 45.5. The van der Waals surface area contributed by atoms with E-state index in [1.54, 1.807) is 6.92 Å². The van der Waals surface area contributed by atoms with Crippen molar-refractivity contribution in [2.75, 3.05) is 18.0 Å². The van der Waals surface area contributed by atoms with Gasteiger partial charge in [0, 0.05) is 18.5 Å². The van der Waals surface area contributed by atoms with E-state index < -0.39 is 12.0 Å². The quantitative estimate of drug-likeness (QED) is 0.790. The number of alkyl halides is 3. The van der Waals surface area contributed by atoms with E-state index in [0.717, 1.165) is 5.56 Å². The molecule has 1 aromatic carbocycles. The molecular weight excluding hydrogens is 319 g/mol. The van der Waals surface area contributed by atoms with Crippen LogP contribution in [0.4, 0.5) is 19.0 Å². The molecular formula is C17H20F3N3O. The normalized spacial score (nSPS) is 22.2. The summed E-state index contributed by atoms with van der Waals surface area (Å²) in [5.41, 5.74) is 2.04. The molecule has 2 heterocycles. The smallest absolute Gasteiger partial charge is 0.372 e. The number of aromatic nitrogens is 2. The average molecular weight is 339 g/mol. The van der Waals surface area contributed by atoms with Crippen LogP contribution in [-0.4, -0.2) is 35.3 Å². The SMILES string of the molecule is Cc1cc(C)c2nc(C(F)(F)F)nc(N3C[C@H](C)O[C@@H](C)C3)c2c1. The number of fused-ring (bicyclic) bond motifs is 1. The largest absolute Gasteiger partial charge is 0.451 e. The number of aryl methyl sites for hydroxylation is 2. The molecule has 3 rings (SSSR count). The van der Waals surface area contributed by atoms with Crippen molar-refractivity contribution in [2.24, 2.45) is 0 Å². The summed E-state index contributed by atoms with van der Waals surface area (Å²) in [6.07, 6.45) is -4.72. The van der Waals surface area contributed by atoms with Gasteiger partial charge in [-0.05, 0) is 44.9 Å². The molecule has 0 spiro atoms. The van der Waals surface area contributed by atoms with Gasteiger partial charge in [0.1, 0.15) is 5.82 Å². The van der Waals surface area contributed by atoms with Crippen molar-refractivity contribution < 1.29 is 17.9 Å². The molecule has 0 radical (unpaired) electrons. The van der Waals surface area contributed by atoms with Crippen LogP contribution in [-0.2, 0) is 10.9 Å². The number of morpholine rings is 1. The van der Waals surface area contributed by atoms with Crippen LogP contribution in [0.1, 0.15) is 30.8 Å². The second-order valence-corrected chi connectivity index (χ2v) is 6.51. The molecule has 0 bridgehead atoms. The third kappa shape index (κ3) is 3.17. The fourth-order valence-corrected chi connectivity index (χ4v) is 3.29. The van der Waals surface area contributed by atoms with E-state index >= 15 is 0 Å². The summed E-state index contributed by atoms with van der Waals surface area (Å²) >= 11 is 0. The third-order valence-electron chi connectivity index (χ3n) is 4.09. The summed E-state index contributed by atoms with van der Waals surface area (Å²) in [5, 5.41) is 0.654. The first-order valence-electron chi connectivity index (χ1n) is 7.91. The Morgan fingerprint density at radius 1 is 1.08 bits per heavy atom. The van der Waals surface area contributed by atoms with E-state index in [1.165, 1.54) is 0 Å². The van der Waals surface area contributed by atoms with Crippen molar-refractivity contribution >= 4 is 16.7 Å². The number of halogens is 3. The van der Waals surface area contributed by atoms with Crippen molar-refractivity contribution in [2.45, 2.75) is 46.1 Å². The minimum atomic E-state index is -4.58. The van der Waals surface area contributed by atoms with Gasteiger partial charge >= 0.3 is 6.18 Å². The van der Waals surface area contributed by atoms with Crippen LogP contribution in [0.25, 0.3) is 10.9 Å². The van der Waals surface area contributed by atoms with Crippen LogP contribution in [0.5, 0.6) is 0 Å². The van der Waals surface area contributed by atoms with Gasteiger partial charge in [-0.15, -0.1) is 0 Å². The Bertz CT molecular complexity index is 766. The first-order valence-corrected chi connectivity index (χ1v) is 7.91. The first-order chi connectivity index (χ1) is 11.1. The summed E-state index contributed by atoms with van der Waals surface area (Å²) in [6.45, 7) is 8.51. The highest BCUT2D eigenvalue weighted by Crippen LogP contribution is 2.34. The van der Waals surface area contributed by atoms with Crippen molar-refractivity contribution in [1.82, 2.24) is 9.97 Å². The summed E-state index contributed by atoms with van der Waals surface area (Å²) in [7, 11) is 0. The van der Waals surface area contributed by atoms with Crippen LogP contribution in [0.2, 0.25) is 0 Å². The number of hydrogen-bond donors (Lipinski definition) is 0. The zero-order chi connectivity index (χ0) is 17.6. The van der Waals surface area contributed by atoms with E-state index in [-0.39, 0.29) is 12.2 Å². The monoisotopic (exact) mass is 339 g/mol. The predicted molar refractivity (Wildman–Crippen MR) is 86.2 cm³/mol. The van der Waals surface area contributed by atoms with Gasteiger partial charge in [0.2, 0.25) is 5.82 Å². The lowest BCUT2D eigenvalue weighted by molar-refractivity contribution is -0.144. The standard InChI is InChI=1S/C17H20F3N3O/c1-9-5-10(2)14-13(6-9)15(22-16(21-14)17(18,19)20)23-7-11(3)24-12(4)8-23/h5-6,11-12H,7-8H2,1-4H3/t11-,12-/m0/s1. The lowest BCUT2D eigenvalue weighted by Gasteiger charge is -2.36. The highest BCUT2D eigenvalue weighted by atomic mass is 19.4. The zero-order valence-corrected chi connectivity index (χ0v) is 14.1. The molecule has 0 saturated carbocycles. The second-order valence-electron chi connectivity index (χ2n) is 6.51. The predicted octanol–water partition coefficient (Wildman–Crippen LogP) is 3.88. The molecule has 1 saturated heterocycles. The summed E-state index contributed by atoms with van der Waals surface area (Å²) in [5.74, 6) is -0.759. The van der Waals surface area contributed by atoms with E-state index in [9.17, 15) is 13.2 Å². The highest BCUT2D eigenvalue weighted by molar-refractivity contribution is 5.92. The van der Waals surface area contributed by atoms with Crippen LogP contribution < -0.4 is 4.90 Å². The Morgan fingerprint density at radius 2 is 1.71 bits per heavy atom. The molecule has 0 amide bonds. The molecule has 130 valence electrons. The number of benzene rings is 1. The number of anilines is 1. The van der Waals surface area contributed by atoms with Crippen molar-refractivity contribution in [3.05, 3.63) is 29.1 Å². The fourth-order valence-electron chi connectivity index (χ4n) is 3.29. The number of ether oxygens (including phenoxy) is 1. The van der Waals surface area contributed by atoms with Gasteiger partial charge in [-0.1, -0.05) is 6.07 Å². The minimum absolute atomic E-state index is 0.0704. The van der Waals surface area contributed by atoms with Gasteiger partial charge in [-0.25, -0.2) is 9.97 Å². The van der Waals surface area contributed by atoms with Crippen LogP contribution in [0.3, 0.4) is 0 Å². The Labute approximate surface area is 138 Å². The molecule has 1 aromatic heterocycles. The van der Waals surface area contributed by atoms with E-state index in [2.05, 4.69) is 9.97 Å².